The Balaban J connectivity index is 2.07. The van der Waals surface area contributed by atoms with Gasteiger partial charge in [0.2, 0.25) is 0 Å². The van der Waals surface area contributed by atoms with Crippen LogP contribution in [0.5, 0.6) is 0 Å². The number of halogens is 2. The van der Waals surface area contributed by atoms with Crippen LogP contribution >= 0.6 is 11.6 Å². The lowest BCUT2D eigenvalue weighted by Crippen LogP contribution is -2.24. The molecule has 2 aromatic rings. The van der Waals surface area contributed by atoms with Crippen LogP contribution in [0.4, 0.5) is 4.39 Å². The highest BCUT2D eigenvalue weighted by Gasteiger charge is 2.14. The predicted molar refractivity (Wildman–Crippen MR) is 64.6 cm³/mol. The maximum atomic E-state index is 13.5. The molecule has 0 radical (unpaired) electrons. The van der Waals surface area contributed by atoms with Gasteiger partial charge in [0, 0.05) is 25.1 Å². The second kappa shape index (κ2) is 5.55. The molecule has 0 bridgehead atoms. The van der Waals surface area contributed by atoms with Crippen molar-refractivity contribution >= 4 is 17.5 Å². The first-order chi connectivity index (χ1) is 8.68. The number of nitrogens with one attached hydrogen (secondary N) is 1. The van der Waals surface area contributed by atoms with E-state index in [4.69, 9.17) is 11.6 Å². The van der Waals surface area contributed by atoms with Crippen molar-refractivity contribution in [2.24, 2.45) is 0 Å². The van der Waals surface area contributed by atoms with Crippen molar-refractivity contribution in [3.05, 3.63) is 58.9 Å². The topological polar surface area (TPSA) is 54.9 Å². The van der Waals surface area contributed by atoms with Gasteiger partial charge in [-0.2, -0.15) is 0 Å². The van der Waals surface area contributed by atoms with Gasteiger partial charge in [-0.05, 0) is 23.8 Å². The third-order valence-corrected chi connectivity index (χ3v) is 2.56. The van der Waals surface area contributed by atoms with Crippen molar-refractivity contribution in [2.45, 2.75) is 6.54 Å². The molecule has 6 heteroatoms. The number of hydrogen-bond donors (Lipinski definition) is 1. The number of aromatic nitrogens is 2. The summed E-state index contributed by atoms with van der Waals surface area (Å²) in [6, 6.07) is 4.80. The number of carbonyl (C=O) groups excluding carboxylic acids is 1. The van der Waals surface area contributed by atoms with Gasteiger partial charge in [-0.15, -0.1) is 0 Å². The van der Waals surface area contributed by atoms with Crippen LogP contribution in [0.15, 0.2) is 36.8 Å². The number of rotatable bonds is 3. The minimum Gasteiger partial charge on any atom is -0.348 e. The van der Waals surface area contributed by atoms with Crippen molar-refractivity contribution < 1.29 is 9.18 Å². The Morgan fingerprint density at radius 3 is 2.72 bits per heavy atom. The van der Waals surface area contributed by atoms with Crippen LogP contribution in [-0.2, 0) is 6.54 Å². The van der Waals surface area contributed by atoms with Crippen LogP contribution in [-0.4, -0.2) is 15.9 Å². The zero-order valence-electron chi connectivity index (χ0n) is 9.23. The molecular weight excluding hydrogens is 257 g/mol. The maximum absolute atomic E-state index is 13.5. The van der Waals surface area contributed by atoms with Crippen molar-refractivity contribution in [1.82, 2.24) is 15.3 Å². The van der Waals surface area contributed by atoms with E-state index < -0.39 is 11.7 Å². The lowest BCUT2D eigenvalue weighted by atomic mass is 10.2. The van der Waals surface area contributed by atoms with Crippen LogP contribution in [0.2, 0.25) is 5.15 Å². The fourth-order valence-corrected chi connectivity index (χ4v) is 1.53. The Labute approximate surface area is 108 Å². The lowest BCUT2D eigenvalue weighted by Gasteiger charge is -2.06. The van der Waals surface area contributed by atoms with Gasteiger partial charge >= 0.3 is 0 Å². The molecule has 2 heterocycles. The van der Waals surface area contributed by atoms with E-state index in [1.165, 1.54) is 12.3 Å². The Bertz CT molecular complexity index is 563. The molecule has 92 valence electrons. The first-order valence-electron chi connectivity index (χ1n) is 5.15. The van der Waals surface area contributed by atoms with Gasteiger partial charge in [0.05, 0.1) is 5.56 Å². The fourth-order valence-electron chi connectivity index (χ4n) is 1.37. The maximum Gasteiger partial charge on any atom is 0.254 e. The summed E-state index contributed by atoms with van der Waals surface area (Å²) in [6.45, 7) is 0.292. The normalized spacial score (nSPS) is 10.1. The van der Waals surface area contributed by atoms with Gasteiger partial charge in [-0.3, -0.25) is 9.78 Å². The summed E-state index contributed by atoms with van der Waals surface area (Å²) in [6.07, 6.45) is 4.52. The Hall–Kier alpha value is -2.01. The van der Waals surface area contributed by atoms with Crippen LogP contribution < -0.4 is 5.32 Å². The SMILES string of the molecule is O=C(NCc1ccncc1)c1ccnc(Cl)c1F. The molecule has 18 heavy (non-hydrogen) atoms. The van der Waals surface area contributed by atoms with Gasteiger partial charge in [0.1, 0.15) is 0 Å². The molecule has 0 aliphatic heterocycles. The number of carbonyl (C=O) groups is 1. The number of nitrogens with zero attached hydrogens (tertiary/aromatic N) is 2. The zero-order valence-corrected chi connectivity index (χ0v) is 9.99. The summed E-state index contributed by atoms with van der Waals surface area (Å²) in [5.41, 5.74) is 0.753. The standard InChI is InChI=1S/C12H9ClFN3O/c13-11-10(14)9(3-6-16-11)12(18)17-7-8-1-4-15-5-2-8/h1-6H,7H2,(H,17,18). The minimum absolute atomic E-state index is 0.121. The predicted octanol–water partition coefficient (Wildman–Crippen LogP) is 2.20. The Morgan fingerprint density at radius 2 is 2.00 bits per heavy atom. The lowest BCUT2D eigenvalue weighted by molar-refractivity contribution is 0.0946. The molecule has 1 amide bonds. The van der Waals surface area contributed by atoms with E-state index in [9.17, 15) is 9.18 Å². The van der Waals surface area contributed by atoms with Gasteiger partial charge in [0.15, 0.2) is 11.0 Å². The molecule has 4 nitrogen and oxygen atoms in total. The smallest absolute Gasteiger partial charge is 0.254 e. The first-order valence-corrected chi connectivity index (χ1v) is 5.53. The molecule has 0 aromatic carbocycles. The summed E-state index contributed by atoms with van der Waals surface area (Å²) in [5, 5.41) is 2.28. The quantitative estimate of drug-likeness (QED) is 0.866. The third kappa shape index (κ3) is 2.81. The zero-order chi connectivity index (χ0) is 13.0. The monoisotopic (exact) mass is 265 g/mol. The highest BCUT2D eigenvalue weighted by molar-refractivity contribution is 6.29. The minimum atomic E-state index is -0.814. The molecule has 0 spiro atoms. The molecule has 0 saturated carbocycles. The summed E-state index contributed by atoms with van der Waals surface area (Å²) >= 11 is 5.50. The van der Waals surface area contributed by atoms with E-state index in [2.05, 4.69) is 15.3 Å². The average Bonchev–Trinajstić information content (AvgIpc) is 2.40. The summed E-state index contributed by atoms with van der Waals surface area (Å²) in [4.78, 5) is 19.1. The Morgan fingerprint density at radius 1 is 1.28 bits per heavy atom. The fraction of sp³-hybridized carbons (Fsp3) is 0.0833. The molecule has 0 aliphatic carbocycles. The molecule has 0 unspecified atom stereocenters. The van der Waals surface area contributed by atoms with E-state index in [1.54, 1.807) is 24.5 Å². The molecule has 2 rings (SSSR count). The van der Waals surface area contributed by atoms with Gasteiger partial charge < -0.3 is 5.32 Å². The van der Waals surface area contributed by atoms with E-state index in [-0.39, 0.29) is 10.7 Å². The molecule has 1 N–H and O–H groups in total. The average molecular weight is 266 g/mol. The van der Waals surface area contributed by atoms with Gasteiger partial charge in [0.25, 0.3) is 5.91 Å². The molecule has 0 saturated heterocycles. The highest BCUT2D eigenvalue weighted by atomic mass is 35.5. The molecule has 0 fully saturated rings. The third-order valence-electron chi connectivity index (χ3n) is 2.29. The van der Waals surface area contributed by atoms with Crippen LogP contribution in [0.25, 0.3) is 0 Å². The van der Waals surface area contributed by atoms with Gasteiger partial charge in [-0.25, -0.2) is 9.37 Å². The number of pyridine rings is 2. The Kier molecular flexibility index (Phi) is 3.84. The highest BCUT2D eigenvalue weighted by Crippen LogP contribution is 2.14. The molecule has 2 aromatic heterocycles. The molecule has 0 aliphatic rings. The van der Waals surface area contributed by atoms with Crippen molar-refractivity contribution in [3.8, 4) is 0 Å². The largest absolute Gasteiger partial charge is 0.348 e. The second-order valence-electron chi connectivity index (χ2n) is 3.50. The molecule has 0 atom stereocenters. The van der Waals surface area contributed by atoms with Gasteiger partial charge in [-0.1, -0.05) is 11.6 Å². The van der Waals surface area contributed by atoms with Crippen LogP contribution in [0.1, 0.15) is 15.9 Å². The summed E-state index contributed by atoms with van der Waals surface area (Å²) < 4.78 is 13.5. The number of hydrogen-bond acceptors (Lipinski definition) is 3. The van der Waals surface area contributed by atoms with E-state index in [0.29, 0.717) is 6.54 Å². The summed E-state index contributed by atoms with van der Waals surface area (Å²) in [5.74, 6) is -1.35. The molecular formula is C12H9ClFN3O. The first kappa shape index (κ1) is 12.4. The summed E-state index contributed by atoms with van der Waals surface area (Å²) in [7, 11) is 0. The second-order valence-corrected chi connectivity index (χ2v) is 3.86. The number of amides is 1. The van der Waals surface area contributed by atoms with Crippen molar-refractivity contribution in [3.63, 3.8) is 0 Å². The van der Waals surface area contributed by atoms with Crippen molar-refractivity contribution in [2.75, 3.05) is 0 Å². The van der Waals surface area contributed by atoms with E-state index in [1.807, 2.05) is 0 Å². The van der Waals surface area contributed by atoms with Crippen LogP contribution in [0.3, 0.4) is 0 Å². The van der Waals surface area contributed by atoms with Crippen molar-refractivity contribution in [1.29, 1.82) is 0 Å². The van der Waals surface area contributed by atoms with Crippen LogP contribution in [0, 0.1) is 5.82 Å². The van der Waals surface area contributed by atoms with E-state index in [0.717, 1.165) is 5.56 Å². The van der Waals surface area contributed by atoms with E-state index >= 15 is 0 Å².